The predicted molar refractivity (Wildman–Crippen MR) is 115 cm³/mol. The maximum Gasteiger partial charge on any atom is 0.240 e. The smallest absolute Gasteiger partial charge is 0.240 e. The maximum atomic E-state index is 13.0. The highest BCUT2D eigenvalue weighted by atomic mass is 32.2. The average Bonchev–Trinajstić information content (AvgIpc) is 3.18. The van der Waals surface area contributed by atoms with Crippen molar-refractivity contribution in [1.82, 2.24) is 9.62 Å². The largest absolute Gasteiger partial charge is 0.378 e. The molecule has 5 nitrogen and oxygen atoms in total. The first-order valence-electron chi connectivity index (χ1n) is 9.86. The van der Waals surface area contributed by atoms with Gasteiger partial charge < -0.3 is 4.90 Å². The number of nitrogens with one attached hydrogen (secondary N) is 1. The Hall–Kier alpha value is -1.89. The summed E-state index contributed by atoms with van der Waals surface area (Å²) in [5.74, 6) is 0. The number of benzene rings is 2. The average molecular weight is 402 g/mol. The van der Waals surface area contributed by atoms with Crippen molar-refractivity contribution in [2.45, 2.75) is 37.6 Å². The minimum absolute atomic E-state index is 0.0404. The summed E-state index contributed by atoms with van der Waals surface area (Å²) in [6, 6.07) is 14.0. The van der Waals surface area contributed by atoms with E-state index in [2.05, 4.69) is 38.8 Å². The number of nitrogens with zero attached hydrogens (tertiary/aromatic N) is 2. The second-order valence-corrected chi connectivity index (χ2v) is 9.60. The summed E-state index contributed by atoms with van der Waals surface area (Å²) in [6.07, 6.45) is 2.33. The second-order valence-electron chi connectivity index (χ2n) is 7.87. The molecule has 28 heavy (non-hydrogen) atoms. The van der Waals surface area contributed by atoms with E-state index >= 15 is 0 Å². The van der Waals surface area contributed by atoms with Gasteiger partial charge in [0.1, 0.15) is 0 Å². The van der Waals surface area contributed by atoms with Crippen LogP contribution in [0.15, 0.2) is 47.4 Å². The number of sulfonamides is 1. The van der Waals surface area contributed by atoms with Crippen molar-refractivity contribution in [3.63, 3.8) is 0 Å². The van der Waals surface area contributed by atoms with Crippen molar-refractivity contribution in [1.29, 1.82) is 0 Å². The fourth-order valence-electron chi connectivity index (χ4n) is 3.77. The van der Waals surface area contributed by atoms with E-state index < -0.39 is 10.0 Å². The zero-order chi connectivity index (χ0) is 20.3. The Morgan fingerprint density at radius 1 is 1.04 bits per heavy atom. The van der Waals surface area contributed by atoms with Crippen molar-refractivity contribution in [2.24, 2.45) is 0 Å². The fourth-order valence-corrected chi connectivity index (χ4v) is 5.13. The standard InChI is InChI=1S/C22H31N3O2S/c1-17-7-8-18(2)22(15-17)28(26,27)23-16-21(25-13-5-6-14-25)19-9-11-20(12-10-19)24(3)4/h7-12,15,21,23H,5-6,13-14,16H2,1-4H3/t21-/m0/s1. The Morgan fingerprint density at radius 3 is 2.29 bits per heavy atom. The van der Waals surface area contributed by atoms with Crippen LogP contribution in [-0.4, -0.2) is 47.0 Å². The molecule has 6 heteroatoms. The highest BCUT2D eigenvalue weighted by Gasteiger charge is 2.26. The third kappa shape index (κ3) is 4.74. The van der Waals surface area contributed by atoms with Gasteiger partial charge in [-0.1, -0.05) is 24.3 Å². The van der Waals surface area contributed by atoms with Crippen LogP contribution in [0.2, 0.25) is 0 Å². The van der Waals surface area contributed by atoms with Gasteiger partial charge in [-0.2, -0.15) is 0 Å². The highest BCUT2D eigenvalue weighted by molar-refractivity contribution is 7.89. The molecule has 0 unspecified atom stereocenters. The first kappa shape index (κ1) is 20.8. The summed E-state index contributed by atoms with van der Waals surface area (Å²) >= 11 is 0. The van der Waals surface area contributed by atoms with E-state index in [0.717, 1.165) is 48.3 Å². The minimum atomic E-state index is -3.55. The van der Waals surface area contributed by atoms with Gasteiger partial charge in [0.15, 0.2) is 0 Å². The molecule has 1 saturated heterocycles. The molecule has 2 aromatic rings. The van der Waals surface area contributed by atoms with Crippen LogP contribution in [0.5, 0.6) is 0 Å². The van der Waals surface area contributed by atoms with Gasteiger partial charge in [-0.05, 0) is 74.7 Å². The van der Waals surface area contributed by atoms with Crippen molar-refractivity contribution < 1.29 is 8.42 Å². The van der Waals surface area contributed by atoms with Crippen LogP contribution >= 0.6 is 0 Å². The molecule has 1 aliphatic rings. The molecule has 3 rings (SSSR count). The molecule has 0 aromatic heterocycles. The van der Waals surface area contributed by atoms with Gasteiger partial charge in [0.05, 0.1) is 4.90 Å². The summed E-state index contributed by atoms with van der Waals surface area (Å²) in [5, 5.41) is 0. The van der Waals surface area contributed by atoms with Gasteiger partial charge in [-0.15, -0.1) is 0 Å². The first-order chi connectivity index (χ1) is 13.3. The van der Waals surface area contributed by atoms with Gasteiger partial charge in [-0.25, -0.2) is 13.1 Å². The lowest BCUT2D eigenvalue weighted by Crippen LogP contribution is -2.37. The SMILES string of the molecule is Cc1ccc(C)c(S(=O)(=O)NC[C@@H](c2ccc(N(C)C)cc2)N2CCCC2)c1. The lowest BCUT2D eigenvalue weighted by Gasteiger charge is -2.28. The Kier molecular flexibility index (Phi) is 6.43. The van der Waals surface area contributed by atoms with Crippen molar-refractivity contribution >= 4 is 15.7 Å². The lowest BCUT2D eigenvalue weighted by molar-refractivity contribution is 0.246. The molecule has 0 amide bonds. The number of anilines is 1. The van der Waals surface area contributed by atoms with E-state index in [0.29, 0.717) is 11.4 Å². The van der Waals surface area contributed by atoms with Crippen molar-refractivity contribution in [2.75, 3.05) is 38.6 Å². The van der Waals surface area contributed by atoms with E-state index in [1.165, 1.54) is 0 Å². The van der Waals surface area contributed by atoms with E-state index in [9.17, 15) is 8.42 Å². The molecular weight excluding hydrogens is 370 g/mol. The van der Waals surface area contributed by atoms with Crippen LogP contribution in [0.3, 0.4) is 0 Å². The molecule has 2 aromatic carbocycles. The summed E-state index contributed by atoms with van der Waals surface area (Å²) in [5.41, 5.74) is 4.00. The molecule has 1 N–H and O–H groups in total. The molecule has 0 saturated carbocycles. The van der Waals surface area contributed by atoms with Crippen LogP contribution in [0.1, 0.15) is 35.6 Å². The van der Waals surface area contributed by atoms with E-state index in [4.69, 9.17) is 0 Å². The van der Waals surface area contributed by atoms with Gasteiger partial charge in [0.2, 0.25) is 10.0 Å². The molecule has 0 spiro atoms. The van der Waals surface area contributed by atoms with E-state index in [1.54, 1.807) is 6.07 Å². The molecule has 152 valence electrons. The Morgan fingerprint density at radius 2 is 1.68 bits per heavy atom. The van der Waals surface area contributed by atoms with Gasteiger partial charge in [0, 0.05) is 32.4 Å². The van der Waals surface area contributed by atoms with Crippen LogP contribution in [0, 0.1) is 13.8 Å². The second kappa shape index (κ2) is 8.64. The maximum absolute atomic E-state index is 13.0. The topological polar surface area (TPSA) is 52.7 Å². The number of hydrogen-bond donors (Lipinski definition) is 1. The third-order valence-electron chi connectivity index (χ3n) is 5.48. The summed E-state index contributed by atoms with van der Waals surface area (Å²) in [6.45, 7) is 6.14. The zero-order valence-corrected chi connectivity index (χ0v) is 18.1. The summed E-state index contributed by atoms with van der Waals surface area (Å²) in [4.78, 5) is 4.82. The molecule has 1 atom stereocenters. The summed E-state index contributed by atoms with van der Waals surface area (Å²) in [7, 11) is 0.486. The fraction of sp³-hybridized carbons (Fsp3) is 0.455. The molecule has 1 fully saturated rings. The zero-order valence-electron chi connectivity index (χ0n) is 17.3. The van der Waals surface area contributed by atoms with E-state index in [1.807, 2.05) is 40.1 Å². The van der Waals surface area contributed by atoms with Crippen LogP contribution in [-0.2, 0) is 10.0 Å². The molecule has 1 aliphatic heterocycles. The van der Waals surface area contributed by atoms with Crippen LogP contribution in [0.25, 0.3) is 0 Å². The molecule has 0 bridgehead atoms. The van der Waals surface area contributed by atoms with Crippen LogP contribution in [0.4, 0.5) is 5.69 Å². The van der Waals surface area contributed by atoms with Gasteiger partial charge >= 0.3 is 0 Å². The van der Waals surface area contributed by atoms with Gasteiger partial charge in [0.25, 0.3) is 0 Å². The Labute approximate surface area is 169 Å². The molecule has 1 heterocycles. The number of hydrogen-bond acceptors (Lipinski definition) is 4. The van der Waals surface area contributed by atoms with Crippen molar-refractivity contribution in [3.05, 3.63) is 59.2 Å². The number of likely N-dealkylation sites (tertiary alicyclic amines) is 1. The first-order valence-corrected chi connectivity index (χ1v) is 11.3. The van der Waals surface area contributed by atoms with Crippen LogP contribution < -0.4 is 9.62 Å². The predicted octanol–water partition coefficient (Wildman–Crippen LogP) is 3.48. The third-order valence-corrected chi connectivity index (χ3v) is 7.04. The Bertz CT molecular complexity index is 902. The molecule has 0 aliphatic carbocycles. The minimum Gasteiger partial charge on any atom is -0.378 e. The molecular formula is C22H31N3O2S. The van der Waals surface area contributed by atoms with Gasteiger partial charge in [-0.3, -0.25) is 4.90 Å². The summed E-state index contributed by atoms with van der Waals surface area (Å²) < 4.78 is 28.8. The van der Waals surface area contributed by atoms with Crippen molar-refractivity contribution in [3.8, 4) is 0 Å². The van der Waals surface area contributed by atoms with E-state index in [-0.39, 0.29) is 6.04 Å². The molecule has 0 radical (unpaired) electrons. The monoisotopic (exact) mass is 401 g/mol. The highest BCUT2D eigenvalue weighted by Crippen LogP contribution is 2.27. The number of rotatable bonds is 7. The number of aryl methyl sites for hydroxylation is 2. The normalized spacial score (nSPS) is 16.3. The lowest BCUT2D eigenvalue weighted by atomic mass is 10.1. The quantitative estimate of drug-likeness (QED) is 0.772. The Balaban J connectivity index is 1.82.